The van der Waals surface area contributed by atoms with E-state index in [1.807, 2.05) is 32.0 Å². The Labute approximate surface area is 197 Å². The minimum atomic E-state index is -0.464. The largest absolute Gasteiger partial charge is 0.497 e. The Morgan fingerprint density at radius 2 is 1.55 bits per heavy atom. The third-order valence-corrected chi connectivity index (χ3v) is 5.88. The van der Waals surface area contributed by atoms with Crippen LogP contribution >= 0.6 is 11.6 Å². The van der Waals surface area contributed by atoms with Crippen molar-refractivity contribution in [1.82, 2.24) is 0 Å². The molecule has 6 nitrogen and oxygen atoms in total. The summed E-state index contributed by atoms with van der Waals surface area (Å²) in [7, 11) is 3.09. The van der Waals surface area contributed by atoms with Gasteiger partial charge in [-0.15, -0.1) is 0 Å². The molecule has 1 heterocycles. The average molecular weight is 463 g/mol. The lowest BCUT2D eigenvalue weighted by Gasteiger charge is -2.16. The number of amides is 2. The van der Waals surface area contributed by atoms with Crippen LogP contribution in [0.15, 0.2) is 66.4 Å². The second kappa shape index (κ2) is 9.00. The lowest BCUT2D eigenvalue weighted by molar-refractivity contribution is -0.120. The fraction of sp³-hybridized carbons (Fsp3) is 0.154. The van der Waals surface area contributed by atoms with Crippen LogP contribution in [0.3, 0.4) is 0 Å². The first-order valence-corrected chi connectivity index (χ1v) is 10.7. The zero-order valence-electron chi connectivity index (χ0n) is 18.7. The van der Waals surface area contributed by atoms with Gasteiger partial charge < -0.3 is 14.8 Å². The Bertz CT molecular complexity index is 1280. The van der Waals surface area contributed by atoms with Gasteiger partial charge in [0.15, 0.2) is 0 Å². The smallest absolute Gasteiger partial charge is 0.282 e. The number of anilines is 2. The number of halogens is 1. The van der Waals surface area contributed by atoms with Gasteiger partial charge in [-0.05, 0) is 66.9 Å². The number of hydrogen-bond acceptors (Lipinski definition) is 5. The SMILES string of the molecule is COc1ccc(NC2=C(c3ccc(C)c(C)c3)C(=O)N(c3ccc(Cl)cc3)C2=O)c(OC)c1. The van der Waals surface area contributed by atoms with Crippen molar-refractivity contribution in [3.63, 3.8) is 0 Å². The molecule has 7 heteroatoms. The molecule has 33 heavy (non-hydrogen) atoms. The molecule has 0 saturated heterocycles. The Morgan fingerprint density at radius 1 is 0.818 bits per heavy atom. The van der Waals surface area contributed by atoms with E-state index in [9.17, 15) is 9.59 Å². The molecule has 1 N–H and O–H groups in total. The maximum absolute atomic E-state index is 13.6. The van der Waals surface area contributed by atoms with Crippen molar-refractivity contribution in [2.45, 2.75) is 13.8 Å². The first kappa shape index (κ1) is 22.4. The van der Waals surface area contributed by atoms with Gasteiger partial charge in [-0.2, -0.15) is 0 Å². The highest BCUT2D eigenvalue weighted by molar-refractivity contribution is 6.46. The number of rotatable bonds is 6. The summed E-state index contributed by atoms with van der Waals surface area (Å²) in [4.78, 5) is 28.3. The first-order chi connectivity index (χ1) is 15.8. The number of ether oxygens (including phenoxy) is 2. The van der Waals surface area contributed by atoms with E-state index in [0.29, 0.717) is 33.5 Å². The third kappa shape index (κ3) is 4.17. The van der Waals surface area contributed by atoms with Gasteiger partial charge in [0.25, 0.3) is 11.8 Å². The number of benzene rings is 3. The van der Waals surface area contributed by atoms with Crippen LogP contribution in [0.25, 0.3) is 5.57 Å². The normalized spacial score (nSPS) is 13.5. The van der Waals surface area contributed by atoms with Crippen LogP contribution in [0, 0.1) is 13.8 Å². The molecule has 0 atom stereocenters. The van der Waals surface area contributed by atoms with Crippen LogP contribution in [0.4, 0.5) is 11.4 Å². The summed E-state index contributed by atoms with van der Waals surface area (Å²) in [6.07, 6.45) is 0. The Kier molecular flexibility index (Phi) is 6.11. The van der Waals surface area contributed by atoms with Crippen LogP contribution < -0.4 is 19.7 Å². The van der Waals surface area contributed by atoms with Crippen LogP contribution in [-0.4, -0.2) is 26.0 Å². The van der Waals surface area contributed by atoms with Gasteiger partial charge in [0, 0.05) is 11.1 Å². The summed E-state index contributed by atoms with van der Waals surface area (Å²) in [6.45, 7) is 3.97. The summed E-state index contributed by atoms with van der Waals surface area (Å²) in [5.74, 6) is 0.206. The third-order valence-electron chi connectivity index (χ3n) is 5.63. The molecular formula is C26H23ClN2O4. The molecule has 0 unspecified atom stereocenters. The zero-order chi connectivity index (χ0) is 23.7. The van der Waals surface area contributed by atoms with Crippen molar-refractivity contribution in [3.8, 4) is 11.5 Å². The molecule has 0 aliphatic carbocycles. The van der Waals surface area contributed by atoms with E-state index in [0.717, 1.165) is 16.0 Å². The second-order valence-corrected chi connectivity index (χ2v) is 8.10. The zero-order valence-corrected chi connectivity index (χ0v) is 19.5. The Hall–Kier alpha value is -3.77. The van der Waals surface area contributed by atoms with Gasteiger partial charge in [0.1, 0.15) is 17.2 Å². The average Bonchev–Trinajstić information content (AvgIpc) is 3.06. The van der Waals surface area contributed by atoms with E-state index in [-0.39, 0.29) is 11.3 Å². The number of carbonyl (C=O) groups excluding carboxylic acids is 2. The molecule has 0 aromatic heterocycles. The minimum absolute atomic E-state index is 0.168. The minimum Gasteiger partial charge on any atom is -0.497 e. The van der Waals surface area contributed by atoms with Crippen LogP contribution in [-0.2, 0) is 9.59 Å². The molecule has 168 valence electrons. The number of methoxy groups -OCH3 is 2. The number of hydrogen-bond donors (Lipinski definition) is 1. The molecule has 1 aliphatic rings. The molecule has 0 fully saturated rings. The highest BCUT2D eigenvalue weighted by Gasteiger charge is 2.40. The summed E-state index contributed by atoms with van der Waals surface area (Å²) in [5.41, 5.74) is 4.20. The molecule has 3 aromatic rings. The van der Waals surface area contributed by atoms with Gasteiger partial charge in [0.2, 0.25) is 0 Å². The van der Waals surface area contributed by atoms with E-state index in [4.69, 9.17) is 21.1 Å². The maximum atomic E-state index is 13.6. The molecule has 2 amide bonds. The van der Waals surface area contributed by atoms with Crippen molar-refractivity contribution in [3.05, 3.63) is 88.1 Å². The van der Waals surface area contributed by atoms with Gasteiger partial charge in [-0.25, -0.2) is 4.90 Å². The molecule has 0 bridgehead atoms. The number of carbonyl (C=O) groups is 2. The molecule has 0 spiro atoms. The van der Waals surface area contributed by atoms with Crippen molar-refractivity contribution in [2.24, 2.45) is 0 Å². The number of imide groups is 1. The van der Waals surface area contributed by atoms with Crippen molar-refractivity contribution < 1.29 is 19.1 Å². The standard InChI is InChI=1S/C26H23ClN2O4/c1-15-5-6-17(13-16(15)2)23-24(28-21-12-11-20(32-3)14-22(21)33-4)26(31)29(25(23)30)19-9-7-18(27)8-10-19/h5-14,28H,1-4H3. The molecule has 1 aliphatic heterocycles. The Balaban J connectivity index is 1.85. The lowest BCUT2D eigenvalue weighted by Crippen LogP contribution is -2.32. The number of nitrogens with one attached hydrogen (secondary N) is 1. The number of aryl methyl sites for hydroxylation is 2. The number of nitrogens with zero attached hydrogens (tertiary/aromatic N) is 1. The molecule has 0 radical (unpaired) electrons. The van der Waals surface area contributed by atoms with Crippen molar-refractivity contribution in [1.29, 1.82) is 0 Å². The molecular weight excluding hydrogens is 440 g/mol. The van der Waals surface area contributed by atoms with Gasteiger partial charge in [0.05, 0.1) is 31.2 Å². The van der Waals surface area contributed by atoms with Crippen LogP contribution in [0.1, 0.15) is 16.7 Å². The summed E-state index contributed by atoms with van der Waals surface area (Å²) < 4.78 is 10.7. The fourth-order valence-electron chi connectivity index (χ4n) is 3.67. The second-order valence-electron chi connectivity index (χ2n) is 7.66. The first-order valence-electron chi connectivity index (χ1n) is 10.3. The van der Waals surface area contributed by atoms with E-state index < -0.39 is 11.8 Å². The summed E-state index contributed by atoms with van der Waals surface area (Å²) in [5, 5.41) is 3.66. The molecule has 3 aromatic carbocycles. The predicted octanol–water partition coefficient (Wildman–Crippen LogP) is 5.37. The van der Waals surface area contributed by atoms with E-state index in [1.54, 1.807) is 49.6 Å². The van der Waals surface area contributed by atoms with Crippen LogP contribution in [0.2, 0.25) is 5.02 Å². The quantitative estimate of drug-likeness (QED) is 0.499. The van der Waals surface area contributed by atoms with Crippen molar-refractivity contribution in [2.75, 3.05) is 24.4 Å². The van der Waals surface area contributed by atoms with E-state index in [1.165, 1.54) is 7.11 Å². The predicted molar refractivity (Wildman–Crippen MR) is 130 cm³/mol. The van der Waals surface area contributed by atoms with Gasteiger partial charge in [-0.3, -0.25) is 9.59 Å². The highest BCUT2D eigenvalue weighted by Crippen LogP contribution is 2.37. The van der Waals surface area contributed by atoms with E-state index in [2.05, 4.69) is 5.32 Å². The summed E-state index contributed by atoms with van der Waals surface area (Å²) >= 11 is 6.01. The lowest BCUT2D eigenvalue weighted by atomic mass is 9.99. The topological polar surface area (TPSA) is 67.9 Å². The monoisotopic (exact) mass is 462 g/mol. The molecule has 4 rings (SSSR count). The summed E-state index contributed by atoms with van der Waals surface area (Å²) in [6, 6.07) is 17.5. The van der Waals surface area contributed by atoms with Crippen molar-refractivity contribution >= 4 is 40.4 Å². The maximum Gasteiger partial charge on any atom is 0.282 e. The van der Waals surface area contributed by atoms with E-state index >= 15 is 0 Å². The van der Waals surface area contributed by atoms with Crippen LogP contribution in [0.5, 0.6) is 11.5 Å². The fourth-order valence-corrected chi connectivity index (χ4v) is 3.80. The highest BCUT2D eigenvalue weighted by atomic mass is 35.5. The van der Waals surface area contributed by atoms with Gasteiger partial charge in [-0.1, -0.05) is 29.8 Å². The Morgan fingerprint density at radius 3 is 2.18 bits per heavy atom. The van der Waals surface area contributed by atoms with Gasteiger partial charge >= 0.3 is 0 Å². The molecule has 0 saturated carbocycles.